The van der Waals surface area contributed by atoms with E-state index in [0.29, 0.717) is 29.2 Å². The van der Waals surface area contributed by atoms with Crippen molar-refractivity contribution in [3.63, 3.8) is 0 Å². The van der Waals surface area contributed by atoms with Crippen molar-refractivity contribution in [2.45, 2.75) is 39.3 Å². The van der Waals surface area contributed by atoms with Gasteiger partial charge in [-0.1, -0.05) is 25.1 Å². The van der Waals surface area contributed by atoms with Crippen LogP contribution in [-0.2, 0) is 19.6 Å². The van der Waals surface area contributed by atoms with Gasteiger partial charge in [0.05, 0.1) is 12.1 Å². The zero-order chi connectivity index (χ0) is 25.3. The van der Waals surface area contributed by atoms with Crippen LogP contribution in [0, 0.1) is 0 Å². The highest BCUT2D eigenvalue weighted by Gasteiger charge is 2.22. The van der Waals surface area contributed by atoms with Crippen LogP contribution < -0.4 is 19.5 Å². The number of ether oxygens (including phenoxy) is 2. The molecule has 0 fully saturated rings. The van der Waals surface area contributed by atoms with E-state index < -0.39 is 27.7 Å². The van der Waals surface area contributed by atoms with Gasteiger partial charge < -0.3 is 19.7 Å². The number of hydrogen-bond acceptors (Lipinski definition) is 6. The second-order valence-electron chi connectivity index (χ2n) is 8.20. The summed E-state index contributed by atoms with van der Waals surface area (Å²) in [7, 11) is -0.663. The minimum absolute atomic E-state index is 0.00162. The van der Waals surface area contributed by atoms with Gasteiger partial charge in [0.2, 0.25) is 15.9 Å². The van der Waals surface area contributed by atoms with Gasteiger partial charge in [-0.05, 0) is 50.6 Å². The molecule has 2 amide bonds. The Labute approximate surface area is 201 Å². The summed E-state index contributed by atoms with van der Waals surface area (Å²) in [4.78, 5) is 25.9. The van der Waals surface area contributed by atoms with Crippen molar-refractivity contribution in [2.75, 3.05) is 31.2 Å². The topological polar surface area (TPSA) is 114 Å². The highest BCUT2D eigenvalue weighted by molar-refractivity contribution is 7.93. The lowest BCUT2D eigenvalue weighted by atomic mass is 10.0. The van der Waals surface area contributed by atoms with Crippen molar-refractivity contribution in [1.29, 1.82) is 0 Å². The number of nitrogens with one attached hydrogen (secondary N) is 2. The Morgan fingerprint density at radius 2 is 1.68 bits per heavy atom. The van der Waals surface area contributed by atoms with Crippen LogP contribution in [0.25, 0.3) is 0 Å². The normalized spacial score (nSPS) is 12.1. The number of hydrogen-bond donors (Lipinski definition) is 2. The van der Waals surface area contributed by atoms with E-state index in [1.165, 1.54) is 4.90 Å². The number of carbonyl (C=O) groups is 2. The standard InChI is InChI=1S/C24H33N3O6S/c1-6-21(20-9-7-8-10-22(20)32-15-24(29)27(4)5)25-23(28)16-34(30,31)26-18-11-13-19(14-12-18)33-17(2)3/h7-14,17,21,26H,6,15-16H2,1-5H3,(H,25,28). The number of carbonyl (C=O) groups excluding carboxylic acids is 2. The molecule has 0 bridgehead atoms. The highest BCUT2D eigenvalue weighted by atomic mass is 32.2. The number of likely N-dealkylation sites (N-methyl/N-ethyl adjacent to an activating group) is 1. The summed E-state index contributed by atoms with van der Waals surface area (Å²) < 4.78 is 38.6. The zero-order valence-electron chi connectivity index (χ0n) is 20.2. The molecule has 0 radical (unpaired) electrons. The third kappa shape index (κ3) is 8.58. The first kappa shape index (κ1) is 27.0. The third-order valence-corrected chi connectivity index (χ3v) is 5.90. The summed E-state index contributed by atoms with van der Waals surface area (Å²) >= 11 is 0. The predicted octanol–water partition coefficient (Wildman–Crippen LogP) is 2.95. The number of nitrogens with zero attached hydrogens (tertiary/aromatic N) is 1. The Bertz CT molecular complexity index is 1070. The summed E-state index contributed by atoms with van der Waals surface area (Å²) in [6.07, 6.45) is 0.500. The molecule has 1 atom stereocenters. The molecule has 0 aliphatic rings. The van der Waals surface area contributed by atoms with Crippen LogP contribution in [0.2, 0.25) is 0 Å². The number of rotatable bonds is 12. The average Bonchev–Trinajstić information content (AvgIpc) is 2.76. The SMILES string of the molecule is CCC(NC(=O)CS(=O)(=O)Nc1ccc(OC(C)C)cc1)c1ccccc1OCC(=O)N(C)C. The van der Waals surface area contributed by atoms with E-state index in [-0.39, 0.29) is 18.6 Å². The van der Waals surface area contributed by atoms with Crippen LogP contribution in [0.3, 0.4) is 0 Å². The summed E-state index contributed by atoms with van der Waals surface area (Å²) in [6, 6.07) is 13.0. The average molecular weight is 492 g/mol. The maximum atomic E-state index is 12.6. The Morgan fingerprint density at radius 1 is 1.03 bits per heavy atom. The van der Waals surface area contributed by atoms with Gasteiger partial charge in [-0.25, -0.2) is 8.42 Å². The molecule has 2 rings (SSSR count). The number of anilines is 1. The lowest BCUT2D eigenvalue weighted by Crippen LogP contribution is -2.35. The number of para-hydroxylation sites is 1. The number of amides is 2. The molecule has 0 aromatic heterocycles. The van der Waals surface area contributed by atoms with E-state index in [1.54, 1.807) is 62.6 Å². The molecule has 9 nitrogen and oxygen atoms in total. The van der Waals surface area contributed by atoms with Crippen LogP contribution in [0.15, 0.2) is 48.5 Å². The van der Waals surface area contributed by atoms with Crippen molar-refractivity contribution in [3.05, 3.63) is 54.1 Å². The number of benzene rings is 2. The lowest BCUT2D eigenvalue weighted by molar-refractivity contribution is -0.130. The lowest BCUT2D eigenvalue weighted by Gasteiger charge is -2.21. The Morgan fingerprint density at radius 3 is 2.26 bits per heavy atom. The van der Waals surface area contributed by atoms with E-state index >= 15 is 0 Å². The summed E-state index contributed by atoms with van der Waals surface area (Å²) in [5, 5.41) is 2.75. The van der Waals surface area contributed by atoms with Crippen molar-refractivity contribution in [1.82, 2.24) is 10.2 Å². The maximum Gasteiger partial charge on any atom is 0.259 e. The Kier molecular flexibility index (Phi) is 9.73. The van der Waals surface area contributed by atoms with E-state index in [9.17, 15) is 18.0 Å². The fourth-order valence-electron chi connectivity index (χ4n) is 3.07. The smallest absolute Gasteiger partial charge is 0.259 e. The molecular weight excluding hydrogens is 458 g/mol. The van der Waals surface area contributed by atoms with Crippen molar-refractivity contribution < 1.29 is 27.5 Å². The van der Waals surface area contributed by atoms with Gasteiger partial charge in [0.25, 0.3) is 5.91 Å². The monoisotopic (exact) mass is 491 g/mol. The van der Waals surface area contributed by atoms with E-state index in [4.69, 9.17) is 9.47 Å². The van der Waals surface area contributed by atoms with Crippen molar-refractivity contribution in [3.8, 4) is 11.5 Å². The molecule has 1 unspecified atom stereocenters. The molecule has 2 aromatic carbocycles. The molecule has 0 saturated carbocycles. The molecule has 186 valence electrons. The first-order chi connectivity index (χ1) is 16.0. The minimum atomic E-state index is -3.93. The molecule has 0 heterocycles. The van der Waals surface area contributed by atoms with Crippen LogP contribution in [0.1, 0.15) is 38.8 Å². The summed E-state index contributed by atoms with van der Waals surface area (Å²) in [6.45, 7) is 5.51. The fraction of sp³-hybridized carbons (Fsp3) is 0.417. The van der Waals surface area contributed by atoms with Crippen LogP contribution in [0.5, 0.6) is 11.5 Å². The quantitative estimate of drug-likeness (QED) is 0.472. The zero-order valence-corrected chi connectivity index (χ0v) is 21.0. The predicted molar refractivity (Wildman–Crippen MR) is 131 cm³/mol. The molecule has 10 heteroatoms. The summed E-state index contributed by atoms with van der Waals surface area (Å²) in [5.41, 5.74) is 0.997. The van der Waals surface area contributed by atoms with E-state index in [1.807, 2.05) is 20.8 Å². The second-order valence-corrected chi connectivity index (χ2v) is 9.92. The van der Waals surface area contributed by atoms with Gasteiger partial charge in [-0.2, -0.15) is 0 Å². The summed E-state index contributed by atoms with van der Waals surface area (Å²) in [5.74, 6) is -0.522. The molecule has 34 heavy (non-hydrogen) atoms. The minimum Gasteiger partial charge on any atom is -0.491 e. The van der Waals surface area contributed by atoms with Gasteiger partial charge in [0.1, 0.15) is 17.3 Å². The Hall–Kier alpha value is -3.27. The molecule has 0 saturated heterocycles. The fourth-order valence-corrected chi connectivity index (χ4v) is 4.06. The van der Waals surface area contributed by atoms with Crippen LogP contribution in [-0.4, -0.2) is 57.7 Å². The first-order valence-corrected chi connectivity index (χ1v) is 12.6. The second kappa shape index (κ2) is 12.3. The molecule has 0 aliphatic heterocycles. The van der Waals surface area contributed by atoms with Crippen LogP contribution in [0.4, 0.5) is 5.69 Å². The van der Waals surface area contributed by atoms with Crippen molar-refractivity contribution >= 4 is 27.5 Å². The highest BCUT2D eigenvalue weighted by Crippen LogP contribution is 2.27. The van der Waals surface area contributed by atoms with Gasteiger partial charge in [0.15, 0.2) is 6.61 Å². The number of sulfonamides is 1. The maximum absolute atomic E-state index is 12.6. The molecule has 0 aliphatic carbocycles. The molecular formula is C24H33N3O6S. The van der Waals surface area contributed by atoms with Gasteiger partial charge in [0, 0.05) is 25.3 Å². The third-order valence-electron chi connectivity index (χ3n) is 4.71. The largest absolute Gasteiger partial charge is 0.491 e. The molecule has 0 spiro atoms. The van der Waals surface area contributed by atoms with Crippen LogP contribution >= 0.6 is 0 Å². The van der Waals surface area contributed by atoms with Gasteiger partial charge in [-0.15, -0.1) is 0 Å². The Balaban J connectivity index is 2.03. The van der Waals surface area contributed by atoms with E-state index in [0.717, 1.165) is 0 Å². The van der Waals surface area contributed by atoms with E-state index in [2.05, 4.69) is 10.0 Å². The first-order valence-electron chi connectivity index (χ1n) is 11.0. The van der Waals surface area contributed by atoms with Gasteiger partial charge in [-0.3, -0.25) is 14.3 Å². The molecule has 2 aromatic rings. The van der Waals surface area contributed by atoms with Gasteiger partial charge >= 0.3 is 0 Å². The molecule has 2 N–H and O–H groups in total. The van der Waals surface area contributed by atoms with Crippen molar-refractivity contribution in [2.24, 2.45) is 0 Å².